The Bertz CT molecular complexity index is 152. The molecule has 0 atom stereocenters. The van der Waals surface area contributed by atoms with Crippen molar-refractivity contribution in [3.05, 3.63) is 0 Å². The second kappa shape index (κ2) is 17.9. The summed E-state index contributed by atoms with van der Waals surface area (Å²) in [5, 5.41) is 22.4. The first-order valence-electron chi connectivity index (χ1n) is 3.04. The molecule has 0 saturated heterocycles. The van der Waals surface area contributed by atoms with Gasteiger partial charge < -0.3 is 21.1 Å². The molecule has 14 heavy (non-hydrogen) atoms. The SMILES string of the molecule is CC(=O)O.CC(=O)O.NCC(=O)O.[Cr]. The molecule has 0 aromatic carbocycles. The van der Waals surface area contributed by atoms with Gasteiger partial charge in [-0.2, -0.15) is 0 Å². The zero-order valence-electron chi connectivity index (χ0n) is 7.76. The van der Waals surface area contributed by atoms with Crippen molar-refractivity contribution in [2.24, 2.45) is 5.73 Å². The van der Waals surface area contributed by atoms with Gasteiger partial charge in [0, 0.05) is 31.2 Å². The fourth-order valence-electron chi connectivity index (χ4n) is 0. The van der Waals surface area contributed by atoms with E-state index in [0.717, 1.165) is 13.8 Å². The monoisotopic (exact) mass is 247 g/mol. The summed E-state index contributed by atoms with van der Waals surface area (Å²) in [6, 6.07) is 0. The van der Waals surface area contributed by atoms with E-state index >= 15 is 0 Å². The molecule has 84 valence electrons. The Morgan fingerprint density at radius 2 is 1.07 bits per heavy atom. The Balaban J connectivity index is -0.0000000522. The molecule has 0 heterocycles. The minimum Gasteiger partial charge on any atom is -0.481 e. The molecular weight excluding hydrogens is 234 g/mol. The van der Waals surface area contributed by atoms with Crippen molar-refractivity contribution in [1.29, 1.82) is 0 Å². The van der Waals surface area contributed by atoms with Gasteiger partial charge in [-0.3, -0.25) is 14.4 Å². The van der Waals surface area contributed by atoms with Crippen LogP contribution in [0, 0.1) is 0 Å². The number of hydrogen-bond donors (Lipinski definition) is 4. The Kier molecular flexibility index (Phi) is 29.4. The van der Waals surface area contributed by atoms with Crippen molar-refractivity contribution in [2.75, 3.05) is 6.54 Å². The summed E-state index contributed by atoms with van der Waals surface area (Å²) >= 11 is 0. The first kappa shape index (κ1) is 23.1. The van der Waals surface area contributed by atoms with E-state index in [1.54, 1.807) is 0 Å². The number of hydrogen-bond acceptors (Lipinski definition) is 4. The van der Waals surface area contributed by atoms with E-state index in [9.17, 15) is 4.79 Å². The van der Waals surface area contributed by atoms with E-state index < -0.39 is 17.9 Å². The summed E-state index contributed by atoms with van der Waals surface area (Å²) < 4.78 is 0. The first-order chi connectivity index (χ1) is 5.73. The van der Waals surface area contributed by atoms with Crippen molar-refractivity contribution in [3.8, 4) is 0 Å². The summed E-state index contributed by atoms with van der Waals surface area (Å²) in [4.78, 5) is 27.2. The van der Waals surface area contributed by atoms with Crippen LogP contribution in [0.4, 0.5) is 0 Å². The number of nitrogens with two attached hydrogens (primary N) is 1. The summed E-state index contributed by atoms with van der Waals surface area (Å²) in [6.07, 6.45) is 0. The summed E-state index contributed by atoms with van der Waals surface area (Å²) in [7, 11) is 0. The van der Waals surface area contributed by atoms with Gasteiger partial charge >= 0.3 is 5.97 Å². The van der Waals surface area contributed by atoms with E-state index in [-0.39, 0.29) is 23.9 Å². The maximum Gasteiger partial charge on any atom is 0.317 e. The number of aliphatic carboxylic acids is 3. The molecule has 0 unspecified atom stereocenters. The molecule has 0 radical (unpaired) electrons. The molecule has 0 rings (SSSR count). The third-order valence-electron chi connectivity index (χ3n) is 0.175. The molecule has 0 bridgehead atoms. The topological polar surface area (TPSA) is 138 Å². The minimum atomic E-state index is -0.968. The molecule has 0 aromatic heterocycles. The fourth-order valence-corrected chi connectivity index (χ4v) is 0. The van der Waals surface area contributed by atoms with Gasteiger partial charge in [0.1, 0.15) is 0 Å². The molecule has 0 aliphatic carbocycles. The maximum atomic E-state index is 9.24. The molecule has 0 aromatic rings. The van der Waals surface area contributed by atoms with Crippen LogP contribution in [0.5, 0.6) is 0 Å². The van der Waals surface area contributed by atoms with Crippen molar-refractivity contribution in [1.82, 2.24) is 0 Å². The molecule has 0 saturated carbocycles. The van der Waals surface area contributed by atoms with Gasteiger partial charge in [0.25, 0.3) is 11.9 Å². The summed E-state index contributed by atoms with van der Waals surface area (Å²) in [5.74, 6) is -2.63. The van der Waals surface area contributed by atoms with Crippen LogP contribution < -0.4 is 5.73 Å². The Labute approximate surface area is 91.7 Å². The molecule has 0 amide bonds. The maximum absolute atomic E-state index is 9.24. The zero-order valence-corrected chi connectivity index (χ0v) is 9.03. The third-order valence-corrected chi connectivity index (χ3v) is 0.175. The molecule has 0 aliphatic rings. The van der Waals surface area contributed by atoms with Gasteiger partial charge in [-0.15, -0.1) is 0 Å². The average Bonchev–Trinajstić information content (AvgIpc) is 1.84. The van der Waals surface area contributed by atoms with Gasteiger partial charge in [0.2, 0.25) is 0 Å². The van der Waals surface area contributed by atoms with Gasteiger partial charge in [-0.25, -0.2) is 0 Å². The van der Waals surface area contributed by atoms with Gasteiger partial charge in [0.05, 0.1) is 6.54 Å². The molecular formula is C6H13CrNO6. The third kappa shape index (κ3) is 1310. The number of rotatable bonds is 1. The second-order valence-corrected chi connectivity index (χ2v) is 1.64. The molecule has 7 nitrogen and oxygen atoms in total. The van der Waals surface area contributed by atoms with E-state index in [1.165, 1.54) is 0 Å². The second-order valence-electron chi connectivity index (χ2n) is 1.64. The normalized spacial score (nSPS) is 6.21. The van der Waals surface area contributed by atoms with E-state index in [1.807, 2.05) is 0 Å². The van der Waals surface area contributed by atoms with Crippen LogP contribution in [0.1, 0.15) is 13.8 Å². The molecule has 0 aliphatic heterocycles. The van der Waals surface area contributed by atoms with Crippen molar-refractivity contribution < 1.29 is 47.1 Å². The number of carboxylic acids is 3. The minimum absolute atomic E-state index is 0. The zero-order chi connectivity index (χ0) is 11.4. The molecule has 0 fully saturated rings. The van der Waals surface area contributed by atoms with Crippen LogP contribution in [-0.2, 0) is 31.7 Å². The molecule has 8 heteroatoms. The Morgan fingerprint density at radius 3 is 1.07 bits per heavy atom. The van der Waals surface area contributed by atoms with Crippen molar-refractivity contribution >= 4 is 17.9 Å². The van der Waals surface area contributed by atoms with Gasteiger partial charge in [-0.05, 0) is 0 Å². The van der Waals surface area contributed by atoms with Crippen molar-refractivity contribution in [3.63, 3.8) is 0 Å². The quantitative estimate of drug-likeness (QED) is 0.476. The van der Waals surface area contributed by atoms with E-state index in [4.69, 9.17) is 24.9 Å². The predicted molar refractivity (Wildman–Crippen MR) is 43.3 cm³/mol. The molecule has 5 N–H and O–H groups in total. The number of carbonyl (C=O) groups is 3. The first-order valence-corrected chi connectivity index (χ1v) is 3.04. The smallest absolute Gasteiger partial charge is 0.317 e. The van der Waals surface area contributed by atoms with Crippen LogP contribution in [0.15, 0.2) is 0 Å². The largest absolute Gasteiger partial charge is 0.481 e. The van der Waals surface area contributed by atoms with E-state index in [2.05, 4.69) is 5.73 Å². The van der Waals surface area contributed by atoms with Crippen molar-refractivity contribution in [2.45, 2.75) is 13.8 Å². The predicted octanol–water partition coefficient (Wildman–Crippen LogP) is -0.791. The van der Waals surface area contributed by atoms with Crippen LogP contribution in [0.3, 0.4) is 0 Å². The summed E-state index contributed by atoms with van der Waals surface area (Å²) in [5.41, 5.74) is 4.57. The van der Waals surface area contributed by atoms with Crippen LogP contribution >= 0.6 is 0 Å². The molecule has 0 spiro atoms. The standard InChI is InChI=1S/C2H5NO2.2C2H4O2.Cr/c3-1-2(4)5;2*1-2(3)4;/h1,3H2,(H,4,5);2*1H3,(H,3,4);. The van der Waals surface area contributed by atoms with Crippen LogP contribution in [-0.4, -0.2) is 39.8 Å². The van der Waals surface area contributed by atoms with E-state index in [0.29, 0.717) is 0 Å². The average molecular weight is 247 g/mol. The summed E-state index contributed by atoms with van der Waals surface area (Å²) in [6.45, 7) is 1.89. The van der Waals surface area contributed by atoms with Crippen LogP contribution in [0.2, 0.25) is 0 Å². The number of carboxylic acid groups (broad SMARTS) is 3. The van der Waals surface area contributed by atoms with Gasteiger partial charge in [0.15, 0.2) is 0 Å². The van der Waals surface area contributed by atoms with Gasteiger partial charge in [-0.1, -0.05) is 0 Å². The fraction of sp³-hybridized carbons (Fsp3) is 0.500. The van der Waals surface area contributed by atoms with Crippen LogP contribution in [0.25, 0.3) is 0 Å². The Hall–Kier alpha value is -1.10. The Morgan fingerprint density at radius 1 is 1.00 bits per heavy atom.